The second kappa shape index (κ2) is 3.86. The monoisotopic (exact) mass is 259 g/mol. The number of halogens is 5. The molecule has 0 saturated carbocycles. The van der Waals surface area contributed by atoms with Crippen molar-refractivity contribution in [2.75, 3.05) is 0 Å². The molecular formula is C7H2Cl2F3NO2. The lowest BCUT2D eigenvalue weighted by molar-refractivity contribution is -0.141. The number of alkyl halides is 3. The van der Waals surface area contributed by atoms with Gasteiger partial charge in [0.2, 0.25) is 0 Å². The summed E-state index contributed by atoms with van der Waals surface area (Å²) < 4.78 is 36.6. The SMILES string of the molecule is O=C(O)c1cc(Cl)c(C(F)(F)F)nc1Cl. The van der Waals surface area contributed by atoms with Gasteiger partial charge in [-0.3, -0.25) is 0 Å². The van der Waals surface area contributed by atoms with Crippen LogP contribution in [0.1, 0.15) is 16.1 Å². The first-order chi connectivity index (χ1) is 6.73. The number of carboxylic acids is 1. The van der Waals surface area contributed by atoms with Crippen molar-refractivity contribution in [3.8, 4) is 0 Å². The summed E-state index contributed by atoms with van der Waals surface area (Å²) in [5.74, 6) is -1.50. The van der Waals surface area contributed by atoms with E-state index in [4.69, 9.17) is 28.3 Å². The third kappa shape index (κ3) is 2.51. The Labute approximate surface area is 91.4 Å². The molecule has 1 heterocycles. The van der Waals surface area contributed by atoms with Crippen molar-refractivity contribution in [3.63, 3.8) is 0 Å². The molecule has 0 fully saturated rings. The predicted molar refractivity (Wildman–Crippen MR) is 46.2 cm³/mol. The summed E-state index contributed by atoms with van der Waals surface area (Å²) in [7, 11) is 0. The molecule has 1 aromatic rings. The number of pyridine rings is 1. The van der Waals surface area contributed by atoms with E-state index in [1.807, 2.05) is 0 Å². The smallest absolute Gasteiger partial charge is 0.434 e. The lowest BCUT2D eigenvalue weighted by Crippen LogP contribution is -2.11. The van der Waals surface area contributed by atoms with E-state index >= 15 is 0 Å². The van der Waals surface area contributed by atoms with Gasteiger partial charge in [-0.1, -0.05) is 23.2 Å². The van der Waals surface area contributed by atoms with Crippen LogP contribution >= 0.6 is 23.2 Å². The molecular weight excluding hydrogens is 258 g/mol. The molecule has 0 aliphatic carbocycles. The topological polar surface area (TPSA) is 50.2 Å². The fourth-order valence-corrected chi connectivity index (χ4v) is 1.29. The van der Waals surface area contributed by atoms with E-state index in [0.717, 1.165) is 0 Å². The van der Waals surface area contributed by atoms with Crippen LogP contribution in [0, 0.1) is 0 Å². The number of nitrogens with zero attached hydrogens (tertiary/aromatic N) is 1. The van der Waals surface area contributed by atoms with Gasteiger partial charge in [-0.15, -0.1) is 0 Å². The van der Waals surface area contributed by atoms with Crippen molar-refractivity contribution in [2.45, 2.75) is 6.18 Å². The average molecular weight is 260 g/mol. The van der Waals surface area contributed by atoms with Crippen molar-refractivity contribution < 1.29 is 23.1 Å². The second-order valence-corrected chi connectivity index (χ2v) is 3.23. The van der Waals surface area contributed by atoms with E-state index < -0.39 is 33.6 Å². The minimum atomic E-state index is -4.77. The van der Waals surface area contributed by atoms with Crippen LogP contribution in [0.4, 0.5) is 13.2 Å². The molecule has 1 aromatic heterocycles. The first kappa shape index (κ1) is 12.1. The van der Waals surface area contributed by atoms with Gasteiger partial charge in [-0.25, -0.2) is 9.78 Å². The second-order valence-electron chi connectivity index (χ2n) is 2.46. The number of carboxylic acid groups (broad SMARTS) is 1. The van der Waals surface area contributed by atoms with Gasteiger partial charge in [0.05, 0.1) is 10.6 Å². The Morgan fingerprint density at radius 3 is 2.33 bits per heavy atom. The molecule has 0 aliphatic rings. The van der Waals surface area contributed by atoms with Gasteiger partial charge >= 0.3 is 12.1 Å². The molecule has 0 atom stereocenters. The standard InChI is InChI=1S/C7H2Cl2F3NO2/c8-3-1-2(6(14)15)5(9)13-4(3)7(10,11)12/h1H,(H,14,15). The third-order valence-electron chi connectivity index (χ3n) is 1.43. The Balaban J connectivity index is 3.39. The van der Waals surface area contributed by atoms with Crippen LogP contribution in [0.25, 0.3) is 0 Å². The minimum absolute atomic E-state index is 0.574. The van der Waals surface area contributed by atoms with Gasteiger partial charge in [-0.2, -0.15) is 13.2 Å². The van der Waals surface area contributed by atoms with Gasteiger partial charge in [-0.05, 0) is 6.07 Å². The van der Waals surface area contributed by atoms with Crippen molar-refractivity contribution in [1.82, 2.24) is 4.98 Å². The van der Waals surface area contributed by atoms with Crippen LogP contribution in [0.2, 0.25) is 10.2 Å². The summed E-state index contributed by atoms with van der Waals surface area (Å²) in [4.78, 5) is 13.4. The zero-order valence-electron chi connectivity index (χ0n) is 6.77. The Bertz CT molecular complexity index is 419. The summed E-state index contributed by atoms with van der Waals surface area (Å²) >= 11 is 10.5. The first-order valence-corrected chi connectivity index (χ1v) is 4.15. The molecule has 0 saturated heterocycles. The highest BCUT2D eigenvalue weighted by molar-refractivity contribution is 6.34. The number of aromatic carboxylic acids is 1. The molecule has 0 unspecified atom stereocenters. The maximum absolute atomic E-state index is 12.2. The quantitative estimate of drug-likeness (QED) is 0.789. The van der Waals surface area contributed by atoms with E-state index in [2.05, 4.69) is 4.98 Å². The molecule has 0 aliphatic heterocycles. The fraction of sp³-hybridized carbons (Fsp3) is 0.143. The Morgan fingerprint density at radius 2 is 1.93 bits per heavy atom. The first-order valence-electron chi connectivity index (χ1n) is 3.40. The lowest BCUT2D eigenvalue weighted by atomic mass is 10.2. The van der Waals surface area contributed by atoms with E-state index in [-0.39, 0.29) is 0 Å². The van der Waals surface area contributed by atoms with Crippen LogP contribution in [-0.4, -0.2) is 16.1 Å². The van der Waals surface area contributed by atoms with Gasteiger partial charge < -0.3 is 5.11 Å². The lowest BCUT2D eigenvalue weighted by Gasteiger charge is -2.09. The van der Waals surface area contributed by atoms with Crippen molar-refractivity contribution in [2.24, 2.45) is 0 Å². The van der Waals surface area contributed by atoms with Crippen LogP contribution in [0.3, 0.4) is 0 Å². The normalized spacial score (nSPS) is 11.5. The number of carbonyl (C=O) groups is 1. The molecule has 3 nitrogen and oxygen atoms in total. The Kier molecular flexibility index (Phi) is 3.11. The third-order valence-corrected chi connectivity index (χ3v) is 2.00. The summed E-state index contributed by atoms with van der Waals surface area (Å²) in [5, 5.41) is 6.97. The van der Waals surface area contributed by atoms with Crippen molar-refractivity contribution >= 4 is 29.2 Å². The molecule has 0 amide bonds. The zero-order valence-corrected chi connectivity index (χ0v) is 8.28. The highest BCUT2D eigenvalue weighted by Gasteiger charge is 2.36. The predicted octanol–water partition coefficient (Wildman–Crippen LogP) is 3.11. The molecule has 1 rings (SSSR count). The summed E-state index contributed by atoms with van der Waals surface area (Å²) in [6.07, 6.45) is -4.77. The fourth-order valence-electron chi connectivity index (χ4n) is 0.815. The minimum Gasteiger partial charge on any atom is -0.478 e. The van der Waals surface area contributed by atoms with Crippen molar-refractivity contribution in [3.05, 3.63) is 27.5 Å². The molecule has 0 aromatic carbocycles. The molecule has 15 heavy (non-hydrogen) atoms. The maximum atomic E-state index is 12.2. The molecule has 0 radical (unpaired) electrons. The van der Waals surface area contributed by atoms with Gasteiger partial charge in [0.1, 0.15) is 5.15 Å². The Morgan fingerprint density at radius 1 is 1.40 bits per heavy atom. The van der Waals surface area contributed by atoms with Gasteiger partial charge in [0, 0.05) is 0 Å². The van der Waals surface area contributed by atoms with E-state index in [1.54, 1.807) is 0 Å². The summed E-state index contributed by atoms with van der Waals surface area (Å²) in [6.45, 7) is 0. The zero-order chi connectivity index (χ0) is 11.8. The van der Waals surface area contributed by atoms with E-state index in [1.165, 1.54) is 0 Å². The number of aromatic nitrogens is 1. The highest BCUT2D eigenvalue weighted by atomic mass is 35.5. The molecule has 0 spiro atoms. The number of hydrogen-bond acceptors (Lipinski definition) is 2. The van der Waals surface area contributed by atoms with E-state index in [9.17, 15) is 18.0 Å². The van der Waals surface area contributed by atoms with Crippen LogP contribution in [0.15, 0.2) is 6.07 Å². The largest absolute Gasteiger partial charge is 0.478 e. The maximum Gasteiger partial charge on any atom is 0.434 e. The number of rotatable bonds is 1. The van der Waals surface area contributed by atoms with Crippen LogP contribution < -0.4 is 0 Å². The van der Waals surface area contributed by atoms with E-state index in [0.29, 0.717) is 6.07 Å². The summed E-state index contributed by atoms with van der Waals surface area (Å²) in [6, 6.07) is 0.613. The van der Waals surface area contributed by atoms with Crippen molar-refractivity contribution in [1.29, 1.82) is 0 Å². The molecule has 8 heteroatoms. The van der Waals surface area contributed by atoms with Crippen LogP contribution in [-0.2, 0) is 6.18 Å². The van der Waals surface area contributed by atoms with Gasteiger partial charge in [0.25, 0.3) is 0 Å². The average Bonchev–Trinajstić information content (AvgIpc) is 2.06. The van der Waals surface area contributed by atoms with Crippen LogP contribution in [0.5, 0.6) is 0 Å². The molecule has 1 N–H and O–H groups in total. The molecule has 0 bridgehead atoms. The molecule has 82 valence electrons. The van der Waals surface area contributed by atoms with Gasteiger partial charge in [0.15, 0.2) is 5.69 Å². The highest BCUT2D eigenvalue weighted by Crippen LogP contribution is 2.35. The summed E-state index contributed by atoms with van der Waals surface area (Å²) in [5.41, 5.74) is -1.98. The Hall–Kier alpha value is -1.01. The number of hydrogen-bond donors (Lipinski definition) is 1.